The zero-order valence-electron chi connectivity index (χ0n) is 14.7. The molecule has 5 nitrogen and oxygen atoms in total. The number of hydrogen-bond acceptors (Lipinski definition) is 4. The summed E-state index contributed by atoms with van der Waals surface area (Å²) in [7, 11) is 0. The third kappa shape index (κ3) is 4.14. The molecule has 0 spiro atoms. The quantitative estimate of drug-likeness (QED) is 0.640. The number of fused-ring (bicyclic) bond motifs is 1. The van der Waals surface area contributed by atoms with Crippen molar-refractivity contribution in [2.75, 3.05) is 13.2 Å². The van der Waals surface area contributed by atoms with E-state index in [-0.39, 0.29) is 12.0 Å². The van der Waals surface area contributed by atoms with Gasteiger partial charge >= 0.3 is 0 Å². The Balaban J connectivity index is 1.40. The molecular weight excluding hydrogens is 346 g/mol. The standard InChI is InChI=1S/C20H23N3O2S/c24-20(7-6-17-13-22-9-2-1-5-19(22)21-17)23(12-16-8-11-26-15-16)14-18-4-3-10-25-18/h1-2,5,8-9,11,13,15,18H,3-4,6-7,10,12,14H2/t18-/m0/s1. The summed E-state index contributed by atoms with van der Waals surface area (Å²) in [5.74, 6) is 0.170. The molecule has 1 atom stereocenters. The summed E-state index contributed by atoms with van der Waals surface area (Å²) in [6.45, 7) is 2.15. The van der Waals surface area contributed by atoms with Crippen molar-refractivity contribution in [1.82, 2.24) is 14.3 Å². The van der Waals surface area contributed by atoms with E-state index in [1.807, 2.05) is 39.9 Å². The average Bonchev–Trinajstić information content (AvgIpc) is 3.40. The van der Waals surface area contributed by atoms with E-state index in [2.05, 4.69) is 21.8 Å². The van der Waals surface area contributed by atoms with Gasteiger partial charge < -0.3 is 14.0 Å². The highest BCUT2D eigenvalue weighted by Crippen LogP contribution is 2.17. The lowest BCUT2D eigenvalue weighted by Gasteiger charge is -2.25. The molecule has 4 heterocycles. The molecule has 26 heavy (non-hydrogen) atoms. The first-order chi connectivity index (χ1) is 12.8. The number of aryl methyl sites for hydroxylation is 1. The molecule has 6 heteroatoms. The number of carbonyl (C=O) groups excluding carboxylic acids is 1. The van der Waals surface area contributed by atoms with Crippen LogP contribution in [0.4, 0.5) is 0 Å². The average molecular weight is 369 g/mol. The number of amides is 1. The largest absolute Gasteiger partial charge is 0.376 e. The minimum atomic E-state index is 0.170. The Hall–Kier alpha value is -2.18. The molecule has 1 aliphatic heterocycles. The molecule has 1 fully saturated rings. The molecule has 0 aliphatic carbocycles. The van der Waals surface area contributed by atoms with Gasteiger partial charge in [-0.2, -0.15) is 11.3 Å². The van der Waals surface area contributed by atoms with E-state index in [0.29, 0.717) is 25.9 Å². The van der Waals surface area contributed by atoms with Gasteiger partial charge in [-0.25, -0.2) is 4.98 Å². The molecule has 0 saturated carbocycles. The maximum atomic E-state index is 12.9. The van der Waals surface area contributed by atoms with Crippen molar-refractivity contribution in [2.45, 2.75) is 38.3 Å². The maximum absolute atomic E-state index is 12.9. The monoisotopic (exact) mass is 369 g/mol. The Labute approximate surface area is 157 Å². The summed E-state index contributed by atoms with van der Waals surface area (Å²) < 4.78 is 7.74. The van der Waals surface area contributed by atoms with Gasteiger partial charge in [-0.05, 0) is 53.8 Å². The number of hydrogen-bond donors (Lipinski definition) is 0. The van der Waals surface area contributed by atoms with Crippen molar-refractivity contribution < 1.29 is 9.53 Å². The van der Waals surface area contributed by atoms with Crippen molar-refractivity contribution in [3.05, 3.63) is 58.7 Å². The number of thiophene rings is 1. The highest BCUT2D eigenvalue weighted by Gasteiger charge is 2.23. The first-order valence-corrected chi connectivity index (χ1v) is 10.1. The first kappa shape index (κ1) is 17.2. The summed E-state index contributed by atoms with van der Waals surface area (Å²) in [6, 6.07) is 8.02. The van der Waals surface area contributed by atoms with E-state index >= 15 is 0 Å². The van der Waals surface area contributed by atoms with Gasteiger partial charge in [0, 0.05) is 38.5 Å². The lowest BCUT2D eigenvalue weighted by atomic mass is 10.1. The van der Waals surface area contributed by atoms with Crippen molar-refractivity contribution >= 4 is 22.9 Å². The second kappa shape index (κ2) is 8.01. The Bertz CT molecular complexity index is 820. The van der Waals surface area contributed by atoms with Crippen LogP contribution in [-0.4, -0.2) is 39.4 Å². The third-order valence-corrected chi connectivity index (χ3v) is 5.50. The molecule has 0 bridgehead atoms. The Morgan fingerprint density at radius 1 is 1.38 bits per heavy atom. The summed E-state index contributed by atoms with van der Waals surface area (Å²) >= 11 is 1.67. The Kier molecular flexibility index (Phi) is 5.32. The van der Waals surface area contributed by atoms with E-state index in [1.54, 1.807) is 11.3 Å². The van der Waals surface area contributed by atoms with Gasteiger partial charge in [-0.15, -0.1) is 0 Å². The van der Waals surface area contributed by atoms with Crippen LogP contribution in [0.15, 0.2) is 47.4 Å². The number of pyridine rings is 1. The minimum Gasteiger partial charge on any atom is -0.376 e. The van der Waals surface area contributed by atoms with E-state index in [9.17, 15) is 4.79 Å². The normalized spacial score (nSPS) is 17.0. The van der Waals surface area contributed by atoms with Crippen molar-refractivity contribution in [3.63, 3.8) is 0 Å². The molecule has 1 saturated heterocycles. The molecule has 3 aromatic heterocycles. The zero-order chi connectivity index (χ0) is 17.8. The highest BCUT2D eigenvalue weighted by molar-refractivity contribution is 7.07. The predicted molar refractivity (Wildman–Crippen MR) is 102 cm³/mol. The smallest absolute Gasteiger partial charge is 0.223 e. The van der Waals surface area contributed by atoms with Gasteiger partial charge in [0.2, 0.25) is 5.91 Å². The Morgan fingerprint density at radius 2 is 2.35 bits per heavy atom. The second-order valence-electron chi connectivity index (χ2n) is 6.74. The fourth-order valence-corrected chi connectivity index (χ4v) is 4.05. The number of aromatic nitrogens is 2. The lowest BCUT2D eigenvalue weighted by molar-refractivity contribution is -0.133. The number of ether oxygens (including phenoxy) is 1. The molecule has 0 aromatic carbocycles. The first-order valence-electron chi connectivity index (χ1n) is 9.11. The van der Waals surface area contributed by atoms with Gasteiger partial charge in [0.15, 0.2) is 0 Å². The van der Waals surface area contributed by atoms with E-state index in [1.165, 1.54) is 5.56 Å². The fourth-order valence-electron chi connectivity index (χ4n) is 3.39. The van der Waals surface area contributed by atoms with Crippen molar-refractivity contribution in [2.24, 2.45) is 0 Å². The van der Waals surface area contributed by atoms with Crippen LogP contribution < -0.4 is 0 Å². The van der Waals surface area contributed by atoms with Crippen LogP contribution in [0.3, 0.4) is 0 Å². The van der Waals surface area contributed by atoms with Crippen LogP contribution >= 0.6 is 11.3 Å². The van der Waals surface area contributed by atoms with Crippen LogP contribution in [0.5, 0.6) is 0 Å². The predicted octanol–water partition coefficient (Wildman–Crippen LogP) is 3.54. The number of carbonyl (C=O) groups is 1. The van der Waals surface area contributed by atoms with Gasteiger partial charge in [-0.1, -0.05) is 6.07 Å². The Morgan fingerprint density at radius 3 is 3.12 bits per heavy atom. The van der Waals surface area contributed by atoms with Crippen LogP contribution in [0.1, 0.15) is 30.5 Å². The summed E-state index contributed by atoms with van der Waals surface area (Å²) in [4.78, 5) is 19.4. The molecule has 0 unspecified atom stereocenters. The van der Waals surface area contributed by atoms with Gasteiger partial charge in [0.05, 0.1) is 11.8 Å². The van der Waals surface area contributed by atoms with Crippen LogP contribution in [0.2, 0.25) is 0 Å². The second-order valence-corrected chi connectivity index (χ2v) is 7.52. The lowest BCUT2D eigenvalue weighted by Crippen LogP contribution is -2.37. The van der Waals surface area contributed by atoms with E-state index in [0.717, 1.165) is 30.8 Å². The third-order valence-electron chi connectivity index (χ3n) is 4.76. The van der Waals surface area contributed by atoms with Crippen LogP contribution in [0.25, 0.3) is 5.65 Å². The molecule has 3 aromatic rings. The van der Waals surface area contributed by atoms with Gasteiger partial charge in [0.25, 0.3) is 0 Å². The van der Waals surface area contributed by atoms with E-state index < -0.39 is 0 Å². The maximum Gasteiger partial charge on any atom is 0.223 e. The van der Waals surface area contributed by atoms with E-state index in [4.69, 9.17) is 4.74 Å². The van der Waals surface area contributed by atoms with Gasteiger partial charge in [-0.3, -0.25) is 4.79 Å². The summed E-state index contributed by atoms with van der Waals surface area (Å²) in [6.07, 6.45) is 7.42. The molecule has 136 valence electrons. The topological polar surface area (TPSA) is 46.8 Å². The fraction of sp³-hybridized carbons (Fsp3) is 0.400. The number of rotatable bonds is 7. The molecule has 1 aliphatic rings. The summed E-state index contributed by atoms with van der Waals surface area (Å²) in [5, 5.41) is 4.17. The highest BCUT2D eigenvalue weighted by atomic mass is 32.1. The molecule has 0 radical (unpaired) electrons. The van der Waals surface area contributed by atoms with Crippen molar-refractivity contribution in [1.29, 1.82) is 0 Å². The molecular formula is C20H23N3O2S. The SMILES string of the molecule is O=C(CCc1cn2ccccc2n1)N(Cc1ccsc1)C[C@@H]1CCCO1. The van der Waals surface area contributed by atoms with Gasteiger partial charge in [0.1, 0.15) is 5.65 Å². The zero-order valence-corrected chi connectivity index (χ0v) is 15.5. The van der Waals surface area contributed by atoms with Crippen molar-refractivity contribution in [3.8, 4) is 0 Å². The summed E-state index contributed by atoms with van der Waals surface area (Å²) in [5.41, 5.74) is 3.07. The number of nitrogens with zero attached hydrogens (tertiary/aromatic N) is 3. The minimum absolute atomic E-state index is 0.170. The number of imidazole rings is 1. The van der Waals surface area contributed by atoms with Crippen LogP contribution in [0, 0.1) is 0 Å². The molecule has 1 amide bonds. The van der Waals surface area contributed by atoms with Crippen LogP contribution in [-0.2, 0) is 22.5 Å². The molecule has 0 N–H and O–H groups in total. The molecule has 4 rings (SSSR count).